The summed E-state index contributed by atoms with van der Waals surface area (Å²) < 4.78 is 5.66. The highest BCUT2D eigenvalue weighted by molar-refractivity contribution is 8.26. The molecule has 1 N–H and O–H groups in total. The Morgan fingerprint density at radius 3 is 2.63 bits per heavy atom. The van der Waals surface area contributed by atoms with E-state index in [0.29, 0.717) is 23.7 Å². The van der Waals surface area contributed by atoms with Gasteiger partial charge in [-0.1, -0.05) is 24.0 Å². The fourth-order valence-corrected chi connectivity index (χ4v) is 5.28. The van der Waals surface area contributed by atoms with Crippen LogP contribution in [0.4, 0.5) is 4.79 Å². The number of nitrogens with zero attached hydrogens (tertiary/aromatic N) is 3. The van der Waals surface area contributed by atoms with Gasteiger partial charge in [0.15, 0.2) is 0 Å². The lowest BCUT2D eigenvalue weighted by molar-refractivity contribution is -0.140. The number of carboxylic acids is 1. The Morgan fingerprint density at radius 1 is 1.37 bits per heavy atom. The predicted octanol–water partition coefficient (Wildman–Crippen LogP) is 3.54. The number of likely N-dealkylation sites (tertiary alicyclic amines) is 1. The van der Waals surface area contributed by atoms with Gasteiger partial charge >= 0.3 is 12.1 Å². The molecule has 30 heavy (non-hydrogen) atoms. The summed E-state index contributed by atoms with van der Waals surface area (Å²) in [4.78, 5) is 43.3. The van der Waals surface area contributed by atoms with Crippen LogP contribution >= 0.6 is 35.3 Å². The van der Waals surface area contributed by atoms with Gasteiger partial charge in [0.2, 0.25) is 0 Å². The molecule has 2 aliphatic rings. The zero-order valence-electron chi connectivity index (χ0n) is 16.9. The zero-order chi connectivity index (χ0) is 22.1. The predicted molar refractivity (Wildman–Crippen MR) is 119 cm³/mol. The van der Waals surface area contributed by atoms with Gasteiger partial charge in [-0.25, -0.2) is 9.78 Å². The Morgan fingerprint density at radius 2 is 2.03 bits per heavy atom. The van der Waals surface area contributed by atoms with Crippen LogP contribution in [0.25, 0.3) is 6.08 Å². The van der Waals surface area contributed by atoms with Crippen molar-refractivity contribution in [2.45, 2.75) is 45.1 Å². The van der Waals surface area contributed by atoms with Crippen LogP contribution in [-0.2, 0) is 14.3 Å². The summed E-state index contributed by atoms with van der Waals surface area (Å²) in [5.74, 6) is -1.27. The molecule has 2 fully saturated rings. The van der Waals surface area contributed by atoms with Crippen LogP contribution in [-0.4, -0.2) is 67.4 Å². The second kappa shape index (κ2) is 9.03. The number of ether oxygens (including phenoxy) is 1. The maximum absolute atomic E-state index is 12.4. The van der Waals surface area contributed by atoms with E-state index in [1.54, 1.807) is 11.0 Å². The van der Waals surface area contributed by atoms with Crippen LogP contribution in [0.3, 0.4) is 0 Å². The molecule has 0 radical (unpaired) electrons. The Labute approximate surface area is 188 Å². The van der Waals surface area contributed by atoms with Crippen LogP contribution in [0.15, 0.2) is 10.3 Å². The number of thiazole rings is 1. The number of hydrogen-bond acceptors (Lipinski definition) is 8. The fraction of sp³-hybridized carbons (Fsp3) is 0.526. The van der Waals surface area contributed by atoms with E-state index in [2.05, 4.69) is 4.98 Å². The lowest BCUT2D eigenvalue weighted by atomic mass is 9.98. The number of thiocarbonyl (C=S) groups is 1. The molecule has 3 heterocycles. The Kier molecular flexibility index (Phi) is 6.83. The van der Waals surface area contributed by atoms with E-state index in [9.17, 15) is 14.4 Å². The smallest absolute Gasteiger partial charge is 0.410 e. The van der Waals surface area contributed by atoms with Crippen LogP contribution in [0.1, 0.15) is 50.2 Å². The summed E-state index contributed by atoms with van der Waals surface area (Å²) in [7, 11) is 0. The summed E-state index contributed by atoms with van der Waals surface area (Å²) in [6.07, 6.45) is 2.96. The highest BCUT2D eigenvalue weighted by atomic mass is 32.2. The Balaban J connectivity index is 1.60. The number of hydrogen-bond donors (Lipinski definition) is 1. The van der Waals surface area contributed by atoms with Crippen molar-refractivity contribution in [1.82, 2.24) is 14.8 Å². The number of piperidine rings is 1. The Hall–Kier alpha value is -1.98. The molecule has 2 amide bonds. The molecule has 3 rings (SSSR count). The number of carbonyl (C=O) groups is 3. The van der Waals surface area contributed by atoms with Crippen molar-refractivity contribution in [1.29, 1.82) is 0 Å². The second-order valence-corrected chi connectivity index (χ2v) is 10.6. The lowest BCUT2D eigenvalue weighted by Crippen LogP contribution is -2.41. The van der Waals surface area contributed by atoms with Gasteiger partial charge in [0.1, 0.15) is 16.5 Å². The molecule has 0 aliphatic carbocycles. The molecule has 11 heteroatoms. The molecule has 0 bridgehead atoms. The van der Waals surface area contributed by atoms with Gasteiger partial charge in [-0.15, -0.1) is 11.3 Å². The van der Waals surface area contributed by atoms with Crippen molar-refractivity contribution in [3.8, 4) is 0 Å². The largest absolute Gasteiger partial charge is 0.480 e. The highest BCUT2D eigenvalue weighted by Crippen LogP contribution is 2.34. The molecule has 0 spiro atoms. The minimum atomic E-state index is -1.11. The highest BCUT2D eigenvalue weighted by Gasteiger charge is 2.34. The number of carboxylic acid groups (broad SMARTS) is 1. The number of rotatable bonds is 4. The minimum Gasteiger partial charge on any atom is -0.480 e. The van der Waals surface area contributed by atoms with Crippen molar-refractivity contribution in [2.75, 3.05) is 19.6 Å². The van der Waals surface area contributed by atoms with Gasteiger partial charge in [-0.2, -0.15) is 0 Å². The maximum Gasteiger partial charge on any atom is 0.410 e. The standard InChI is InChI=1S/C19H23N3O5S3/c1-19(2,3)27-17(26)21-6-4-11(5-7-21)15-20-12(10-29-15)8-13-16(25)22(9-14(23)24)18(28)30-13/h8,10-11H,4-7,9H2,1-3H3,(H,23,24). The lowest BCUT2D eigenvalue weighted by Gasteiger charge is -2.32. The van der Waals surface area contributed by atoms with Gasteiger partial charge in [-0.3, -0.25) is 14.5 Å². The molecule has 162 valence electrons. The second-order valence-electron chi connectivity index (χ2n) is 8.01. The molecule has 2 aliphatic heterocycles. The first-order valence-corrected chi connectivity index (χ1v) is 11.5. The Bertz CT molecular complexity index is 897. The molecule has 8 nitrogen and oxygen atoms in total. The molecule has 0 aromatic carbocycles. The first kappa shape index (κ1) is 22.7. The van der Waals surface area contributed by atoms with Crippen molar-refractivity contribution in [2.24, 2.45) is 0 Å². The first-order valence-electron chi connectivity index (χ1n) is 9.44. The van der Waals surface area contributed by atoms with Gasteiger partial charge in [-0.05, 0) is 39.7 Å². The summed E-state index contributed by atoms with van der Waals surface area (Å²) in [6.45, 7) is 6.34. The van der Waals surface area contributed by atoms with Crippen molar-refractivity contribution >= 4 is 63.7 Å². The molecule has 0 saturated carbocycles. The fourth-order valence-electron chi connectivity index (χ4n) is 3.10. The maximum atomic E-state index is 12.4. The number of carbonyl (C=O) groups excluding carboxylic acids is 2. The average molecular weight is 470 g/mol. The molecule has 0 atom stereocenters. The molecule has 1 aromatic rings. The topological polar surface area (TPSA) is 100 Å². The van der Waals surface area contributed by atoms with Crippen molar-refractivity contribution in [3.05, 3.63) is 21.0 Å². The van der Waals surface area contributed by atoms with E-state index in [0.717, 1.165) is 34.5 Å². The average Bonchev–Trinajstić information content (AvgIpc) is 3.21. The zero-order valence-corrected chi connectivity index (χ0v) is 19.4. The molecule has 1 aromatic heterocycles. The normalized spacial score (nSPS) is 19.6. The third-order valence-corrected chi connectivity index (χ3v) is 6.88. The van der Waals surface area contributed by atoms with E-state index < -0.39 is 24.0 Å². The third kappa shape index (κ3) is 5.58. The van der Waals surface area contributed by atoms with Crippen molar-refractivity contribution in [3.63, 3.8) is 0 Å². The molecular formula is C19H23N3O5S3. The summed E-state index contributed by atoms with van der Waals surface area (Å²) in [5.41, 5.74) is 0.143. The van der Waals surface area contributed by atoms with E-state index in [4.69, 9.17) is 22.1 Å². The number of thioether (sulfide) groups is 1. The molecular weight excluding hydrogens is 446 g/mol. The van der Waals surface area contributed by atoms with Crippen LogP contribution in [0, 0.1) is 0 Å². The van der Waals surface area contributed by atoms with Gasteiger partial charge < -0.3 is 14.7 Å². The van der Waals surface area contributed by atoms with Crippen LogP contribution in [0.5, 0.6) is 0 Å². The summed E-state index contributed by atoms with van der Waals surface area (Å²) in [5, 5.41) is 11.8. The minimum absolute atomic E-state index is 0.235. The molecule has 0 unspecified atom stereocenters. The van der Waals surface area contributed by atoms with Crippen LogP contribution in [0.2, 0.25) is 0 Å². The van der Waals surface area contributed by atoms with E-state index >= 15 is 0 Å². The number of aliphatic carboxylic acids is 1. The number of amides is 2. The SMILES string of the molecule is CC(C)(C)OC(=O)N1CCC(c2nc(C=C3SC(=S)N(CC(=O)O)C3=O)cs2)CC1. The third-order valence-electron chi connectivity index (χ3n) is 4.48. The van der Waals surface area contributed by atoms with Gasteiger partial charge in [0.25, 0.3) is 5.91 Å². The first-order chi connectivity index (χ1) is 14.0. The molecule has 2 saturated heterocycles. The summed E-state index contributed by atoms with van der Waals surface area (Å²) >= 11 is 7.71. The quantitative estimate of drug-likeness (QED) is 0.528. The van der Waals surface area contributed by atoms with Crippen LogP contribution < -0.4 is 0 Å². The van der Waals surface area contributed by atoms with Crippen molar-refractivity contribution < 1.29 is 24.2 Å². The van der Waals surface area contributed by atoms with E-state index in [1.165, 1.54) is 11.3 Å². The van der Waals surface area contributed by atoms with E-state index in [-0.39, 0.29) is 16.3 Å². The van der Waals surface area contributed by atoms with Gasteiger partial charge in [0.05, 0.1) is 15.6 Å². The van der Waals surface area contributed by atoms with E-state index in [1.807, 2.05) is 26.2 Å². The summed E-state index contributed by atoms with van der Waals surface area (Å²) in [6, 6.07) is 0. The number of aromatic nitrogens is 1. The monoisotopic (exact) mass is 469 g/mol. The van der Waals surface area contributed by atoms with Gasteiger partial charge in [0, 0.05) is 24.4 Å².